The zero-order valence-corrected chi connectivity index (χ0v) is 14.1. The van der Waals surface area contributed by atoms with Gasteiger partial charge in [-0.3, -0.25) is 19.7 Å². The van der Waals surface area contributed by atoms with Crippen molar-refractivity contribution >= 4 is 23.1 Å². The van der Waals surface area contributed by atoms with E-state index in [0.717, 1.165) is 19.3 Å². The zero-order chi connectivity index (χ0) is 17.7. The molecule has 7 heteroatoms. The van der Waals surface area contributed by atoms with Crippen LogP contribution in [0.15, 0.2) is 18.2 Å². The summed E-state index contributed by atoms with van der Waals surface area (Å²) < 4.78 is 0. The van der Waals surface area contributed by atoms with Gasteiger partial charge in [0.25, 0.3) is 5.69 Å². The maximum absolute atomic E-state index is 12.2. The number of benzene rings is 1. The van der Waals surface area contributed by atoms with E-state index >= 15 is 0 Å². The Balaban J connectivity index is 2.22. The van der Waals surface area contributed by atoms with Crippen molar-refractivity contribution in [1.82, 2.24) is 5.32 Å². The number of rotatable bonds is 6. The van der Waals surface area contributed by atoms with Crippen LogP contribution in [0.2, 0.25) is 0 Å². The Labute approximate surface area is 141 Å². The highest BCUT2D eigenvalue weighted by Crippen LogP contribution is 2.32. The second kappa shape index (κ2) is 7.90. The topological polar surface area (TPSA) is 92.6 Å². The molecule has 0 spiro atoms. The van der Waals surface area contributed by atoms with Gasteiger partial charge in [-0.15, -0.1) is 0 Å². The number of piperidine rings is 1. The average Bonchev–Trinajstić information content (AvgIpc) is 2.59. The van der Waals surface area contributed by atoms with Gasteiger partial charge >= 0.3 is 0 Å². The van der Waals surface area contributed by atoms with Gasteiger partial charge in [0, 0.05) is 31.3 Å². The van der Waals surface area contributed by atoms with E-state index in [0.29, 0.717) is 30.9 Å². The molecule has 1 aliphatic heterocycles. The summed E-state index contributed by atoms with van der Waals surface area (Å²) in [6.07, 6.45) is 2.46. The molecule has 2 rings (SSSR count). The molecule has 0 bridgehead atoms. The van der Waals surface area contributed by atoms with Gasteiger partial charge in [-0.25, -0.2) is 0 Å². The maximum Gasteiger partial charge on any atom is 0.293 e. The number of hydrogen-bond donors (Lipinski definition) is 1. The van der Waals surface area contributed by atoms with Crippen molar-refractivity contribution in [2.45, 2.75) is 33.1 Å². The second-order valence-corrected chi connectivity index (χ2v) is 6.09. The van der Waals surface area contributed by atoms with Crippen LogP contribution in [0.25, 0.3) is 0 Å². The number of amides is 1. The summed E-state index contributed by atoms with van der Waals surface area (Å²) in [5, 5.41) is 14.3. The van der Waals surface area contributed by atoms with Crippen LogP contribution < -0.4 is 10.2 Å². The van der Waals surface area contributed by atoms with E-state index in [4.69, 9.17) is 0 Å². The summed E-state index contributed by atoms with van der Waals surface area (Å²) in [7, 11) is 0. The van der Waals surface area contributed by atoms with E-state index < -0.39 is 4.92 Å². The normalized spacial score (nSPS) is 17.4. The van der Waals surface area contributed by atoms with Gasteiger partial charge in [-0.05, 0) is 38.3 Å². The molecule has 1 fully saturated rings. The monoisotopic (exact) mass is 333 g/mol. The number of nitro benzene ring substituents is 1. The third-order valence-corrected chi connectivity index (χ3v) is 4.26. The van der Waals surface area contributed by atoms with Crippen LogP contribution in [0, 0.1) is 16.0 Å². The number of carbonyl (C=O) groups is 2. The Kier molecular flexibility index (Phi) is 5.89. The highest BCUT2D eigenvalue weighted by molar-refractivity contribution is 5.95. The summed E-state index contributed by atoms with van der Waals surface area (Å²) in [6.45, 7) is 5.14. The third-order valence-electron chi connectivity index (χ3n) is 4.26. The molecular formula is C17H23N3O4. The molecule has 1 aliphatic rings. The lowest BCUT2D eigenvalue weighted by molar-refractivity contribution is -0.384. The Bertz CT molecular complexity index is 645. The second-order valence-electron chi connectivity index (χ2n) is 6.09. The minimum Gasteiger partial charge on any atom is -0.365 e. The molecule has 0 aliphatic carbocycles. The van der Waals surface area contributed by atoms with Crippen LogP contribution in [-0.4, -0.2) is 36.2 Å². The van der Waals surface area contributed by atoms with Crippen LogP contribution in [-0.2, 0) is 4.79 Å². The van der Waals surface area contributed by atoms with E-state index in [1.54, 1.807) is 12.1 Å². The molecule has 7 nitrogen and oxygen atoms in total. The van der Waals surface area contributed by atoms with Gasteiger partial charge in [-0.2, -0.15) is 0 Å². The molecule has 0 aromatic heterocycles. The molecule has 24 heavy (non-hydrogen) atoms. The number of nitro groups is 1. The highest BCUT2D eigenvalue weighted by atomic mass is 16.6. The van der Waals surface area contributed by atoms with Gasteiger partial charge in [-0.1, -0.05) is 6.92 Å². The quantitative estimate of drug-likeness (QED) is 0.490. The first-order valence-corrected chi connectivity index (χ1v) is 8.26. The van der Waals surface area contributed by atoms with Crippen LogP contribution in [0.3, 0.4) is 0 Å². The van der Waals surface area contributed by atoms with Crippen LogP contribution in [0.5, 0.6) is 0 Å². The number of anilines is 1. The standard InChI is InChI=1S/C17H23N3O4/c1-3-8-18-17(22)14-5-4-9-19(11-14)15-7-6-13(12(2)21)10-16(15)20(23)24/h6-7,10,14H,3-5,8-9,11H2,1-2H3,(H,18,22). The fourth-order valence-electron chi connectivity index (χ4n) is 2.96. The molecule has 1 atom stereocenters. The number of carbonyl (C=O) groups excluding carboxylic acids is 2. The number of hydrogen-bond acceptors (Lipinski definition) is 5. The van der Waals surface area contributed by atoms with E-state index in [1.165, 1.54) is 13.0 Å². The molecule has 1 N–H and O–H groups in total. The Morgan fingerprint density at radius 1 is 1.42 bits per heavy atom. The largest absolute Gasteiger partial charge is 0.365 e. The van der Waals surface area contributed by atoms with Crippen LogP contribution in [0.4, 0.5) is 11.4 Å². The average molecular weight is 333 g/mol. The smallest absolute Gasteiger partial charge is 0.293 e. The molecule has 1 aromatic rings. The van der Waals surface area contributed by atoms with Gasteiger partial charge < -0.3 is 10.2 Å². The van der Waals surface area contributed by atoms with E-state index in [9.17, 15) is 19.7 Å². The summed E-state index contributed by atoms with van der Waals surface area (Å²) in [5.74, 6) is -0.373. The van der Waals surface area contributed by atoms with Crippen molar-refractivity contribution in [3.63, 3.8) is 0 Å². The lowest BCUT2D eigenvalue weighted by Gasteiger charge is -2.33. The van der Waals surface area contributed by atoms with Crippen molar-refractivity contribution in [3.8, 4) is 0 Å². The van der Waals surface area contributed by atoms with Gasteiger partial charge in [0.1, 0.15) is 5.69 Å². The first-order chi connectivity index (χ1) is 11.4. The predicted octanol–water partition coefficient (Wildman–Crippen LogP) is 2.54. The molecule has 0 saturated carbocycles. The van der Waals surface area contributed by atoms with Crippen molar-refractivity contribution in [1.29, 1.82) is 0 Å². The van der Waals surface area contributed by atoms with Crippen molar-refractivity contribution < 1.29 is 14.5 Å². The van der Waals surface area contributed by atoms with Crippen molar-refractivity contribution in [3.05, 3.63) is 33.9 Å². The minimum atomic E-state index is -0.470. The van der Waals surface area contributed by atoms with E-state index in [1.807, 2.05) is 11.8 Å². The molecule has 130 valence electrons. The highest BCUT2D eigenvalue weighted by Gasteiger charge is 2.29. The first kappa shape index (κ1) is 17.9. The lowest BCUT2D eigenvalue weighted by atomic mass is 9.96. The molecule has 1 saturated heterocycles. The van der Waals surface area contributed by atoms with E-state index in [-0.39, 0.29) is 23.3 Å². The summed E-state index contributed by atoms with van der Waals surface area (Å²) in [4.78, 5) is 36.4. The number of ketones is 1. The molecule has 1 unspecified atom stereocenters. The Morgan fingerprint density at radius 3 is 2.79 bits per heavy atom. The predicted molar refractivity (Wildman–Crippen MR) is 91.3 cm³/mol. The molecule has 1 heterocycles. The Morgan fingerprint density at radius 2 is 2.17 bits per heavy atom. The molecule has 0 radical (unpaired) electrons. The molecule has 1 amide bonds. The summed E-state index contributed by atoms with van der Waals surface area (Å²) >= 11 is 0. The maximum atomic E-state index is 12.2. The SMILES string of the molecule is CCCNC(=O)C1CCCN(c2ccc(C(C)=O)cc2[N+](=O)[O-])C1. The minimum absolute atomic E-state index is 0.00422. The summed E-state index contributed by atoms with van der Waals surface area (Å²) in [5.41, 5.74) is 0.704. The van der Waals surface area contributed by atoms with Crippen LogP contribution in [0.1, 0.15) is 43.5 Å². The number of nitrogens with zero attached hydrogens (tertiary/aromatic N) is 2. The fourth-order valence-corrected chi connectivity index (χ4v) is 2.96. The third kappa shape index (κ3) is 4.10. The van der Waals surface area contributed by atoms with Crippen molar-refractivity contribution in [2.75, 3.05) is 24.5 Å². The van der Waals surface area contributed by atoms with Gasteiger partial charge in [0.15, 0.2) is 5.78 Å². The van der Waals surface area contributed by atoms with Gasteiger partial charge in [0.05, 0.1) is 10.8 Å². The Hall–Kier alpha value is -2.44. The fraction of sp³-hybridized carbons (Fsp3) is 0.529. The van der Waals surface area contributed by atoms with Crippen LogP contribution >= 0.6 is 0 Å². The molecule has 1 aromatic carbocycles. The molecular weight excluding hydrogens is 310 g/mol. The number of Topliss-reactive ketones (excluding diaryl/α,β-unsaturated/α-hetero) is 1. The van der Waals surface area contributed by atoms with E-state index in [2.05, 4.69) is 5.32 Å². The zero-order valence-electron chi connectivity index (χ0n) is 14.1. The first-order valence-electron chi connectivity index (χ1n) is 8.26. The number of nitrogens with one attached hydrogen (secondary N) is 1. The van der Waals surface area contributed by atoms with Crippen molar-refractivity contribution in [2.24, 2.45) is 5.92 Å². The summed E-state index contributed by atoms with van der Waals surface area (Å²) in [6, 6.07) is 4.53. The van der Waals surface area contributed by atoms with Gasteiger partial charge in [0.2, 0.25) is 5.91 Å². The lowest BCUT2D eigenvalue weighted by Crippen LogP contribution is -2.43.